The molecule has 0 bridgehead atoms. The summed E-state index contributed by atoms with van der Waals surface area (Å²) in [6.45, 7) is 0. The molecule has 1 aromatic rings. The highest BCUT2D eigenvalue weighted by molar-refractivity contribution is 7.13. The molecule has 0 saturated heterocycles. The molecule has 0 aliphatic carbocycles. The molecule has 0 radical (unpaired) electrons. The molecule has 0 N–H and O–H groups in total. The lowest BCUT2D eigenvalue weighted by Crippen LogP contribution is -2.02. The first-order chi connectivity index (χ1) is 6.11. The summed E-state index contributed by atoms with van der Waals surface area (Å²) in [6.07, 6.45) is 3.22. The van der Waals surface area contributed by atoms with Gasteiger partial charge < -0.3 is 4.90 Å². The van der Waals surface area contributed by atoms with Crippen molar-refractivity contribution in [3.8, 4) is 0 Å². The van der Waals surface area contributed by atoms with E-state index in [4.69, 9.17) is 11.6 Å². The molecule has 13 heavy (non-hydrogen) atoms. The molecule has 0 saturated carbocycles. The first-order valence-electron chi connectivity index (χ1n) is 3.73. The van der Waals surface area contributed by atoms with Crippen LogP contribution in [0.25, 0.3) is 0 Å². The van der Waals surface area contributed by atoms with Crippen LogP contribution >= 0.6 is 22.9 Å². The Labute approximate surface area is 86.4 Å². The van der Waals surface area contributed by atoms with Gasteiger partial charge in [-0.15, -0.1) is 11.3 Å². The molecule has 0 aliphatic rings. The van der Waals surface area contributed by atoms with Crippen molar-refractivity contribution in [2.24, 2.45) is 0 Å². The number of allylic oxidation sites excluding steroid dienone is 1. The van der Waals surface area contributed by atoms with E-state index < -0.39 is 0 Å². The van der Waals surface area contributed by atoms with Crippen molar-refractivity contribution in [2.75, 3.05) is 14.1 Å². The molecule has 0 amide bonds. The fraction of sp³-hybridized carbons (Fsp3) is 0.222. The van der Waals surface area contributed by atoms with E-state index in [-0.39, 0.29) is 5.78 Å². The highest BCUT2D eigenvalue weighted by atomic mass is 35.5. The monoisotopic (exact) mass is 215 g/mol. The van der Waals surface area contributed by atoms with Crippen LogP contribution in [-0.4, -0.2) is 24.8 Å². The van der Waals surface area contributed by atoms with Crippen molar-refractivity contribution >= 4 is 28.7 Å². The van der Waals surface area contributed by atoms with E-state index in [0.29, 0.717) is 9.90 Å². The van der Waals surface area contributed by atoms with Crippen molar-refractivity contribution in [1.82, 2.24) is 4.90 Å². The van der Waals surface area contributed by atoms with E-state index in [1.165, 1.54) is 17.4 Å². The Hall–Kier alpha value is -0.800. The Morgan fingerprint density at radius 1 is 1.62 bits per heavy atom. The molecule has 0 aromatic carbocycles. The molecule has 0 aliphatic heterocycles. The topological polar surface area (TPSA) is 20.3 Å². The number of ketones is 1. The maximum absolute atomic E-state index is 11.4. The second-order valence-electron chi connectivity index (χ2n) is 2.74. The summed E-state index contributed by atoms with van der Waals surface area (Å²) in [6, 6.07) is 1.73. The zero-order valence-corrected chi connectivity index (χ0v) is 9.02. The van der Waals surface area contributed by atoms with E-state index >= 15 is 0 Å². The Bertz CT molecular complexity index is 330. The van der Waals surface area contributed by atoms with E-state index in [9.17, 15) is 4.79 Å². The van der Waals surface area contributed by atoms with Gasteiger partial charge in [-0.2, -0.15) is 0 Å². The second-order valence-corrected chi connectivity index (χ2v) is 4.06. The predicted octanol–water partition coefficient (Wildman–Crippen LogP) is 2.66. The lowest BCUT2D eigenvalue weighted by atomic mass is 10.3. The minimum absolute atomic E-state index is 0.0475. The number of carbonyl (C=O) groups excluding carboxylic acids is 1. The van der Waals surface area contributed by atoms with E-state index in [1.54, 1.807) is 22.5 Å². The molecule has 2 nitrogen and oxygen atoms in total. The normalized spacial score (nSPS) is 10.7. The van der Waals surface area contributed by atoms with Crippen molar-refractivity contribution in [1.29, 1.82) is 0 Å². The third-order valence-electron chi connectivity index (χ3n) is 1.37. The molecule has 1 rings (SSSR count). The van der Waals surface area contributed by atoms with Gasteiger partial charge in [-0.3, -0.25) is 4.79 Å². The Balaban J connectivity index is 2.75. The Morgan fingerprint density at radius 2 is 2.31 bits per heavy atom. The molecule has 1 aromatic heterocycles. The maximum Gasteiger partial charge on any atom is 0.198 e. The molecular formula is C9H10ClNOS. The molecule has 0 spiro atoms. The second kappa shape index (κ2) is 4.44. The van der Waals surface area contributed by atoms with Gasteiger partial charge in [0.1, 0.15) is 0 Å². The first kappa shape index (κ1) is 10.3. The van der Waals surface area contributed by atoms with Crippen LogP contribution in [0.4, 0.5) is 0 Å². The predicted molar refractivity (Wildman–Crippen MR) is 56.5 cm³/mol. The SMILES string of the molecule is CN(C)C=CC(=O)c1sccc1Cl. The molecule has 70 valence electrons. The number of hydrogen-bond donors (Lipinski definition) is 0. The van der Waals surface area contributed by atoms with Crippen LogP contribution in [0, 0.1) is 0 Å². The summed E-state index contributed by atoms with van der Waals surface area (Å²) >= 11 is 7.15. The van der Waals surface area contributed by atoms with Gasteiger partial charge in [0.05, 0.1) is 9.90 Å². The minimum atomic E-state index is -0.0475. The van der Waals surface area contributed by atoms with Crippen LogP contribution in [-0.2, 0) is 0 Å². The zero-order chi connectivity index (χ0) is 9.84. The number of rotatable bonds is 3. The minimum Gasteiger partial charge on any atom is -0.383 e. The van der Waals surface area contributed by atoms with Gasteiger partial charge in [0.25, 0.3) is 0 Å². The van der Waals surface area contributed by atoms with Gasteiger partial charge in [-0.1, -0.05) is 11.6 Å². The summed E-state index contributed by atoms with van der Waals surface area (Å²) in [5, 5.41) is 2.33. The van der Waals surface area contributed by atoms with Gasteiger partial charge in [-0.05, 0) is 11.4 Å². The molecular weight excluding hydrogens is 206 g/mol. The van der Waals surface area contributed by atoms with Crippen LogP contribution in [0.5, 0.6) is 0 Å². The van der Waals surface area contributed by atoms with Gasteiger partial charge in [-0.25, -0.2) is 0 Å². The standard InChI is InChI=1S/C9H10ClNOS/c1-11(2)5-3-8(12)9-7(10)4-6-13-9/h3-6H,1-2H3. The van der Waals surface area contributed by atoms with Crippen LogP contribution < -0.4 is 0 Å². The van der Waals surface area contributed by atoms with Crippen molar-refractivity contribution in [3.63, 3.8) is 0 Å². The summed E-state index contributed by atoms with van der Waals surface area (Å²) in [5.41, 5.74) is 0. The molecule has 0 unspecified atom stereocenters. The van der Waals surface area contributed by atoms with Gasteiger partial charge in [0, 0.05) is 26.4 Å². The summed E-state index contributed by atoms with van der Waals surface area (Å²) in [7, 11) is 3.72. The average molecular weight is 216 g/mol. The third-order valence-corrected chi connectivity index (χ3v) is 2.72. The number of nitrogens with zero attached hydrogens (tertiary/aromatic N) is 1. The van der Waals surface area contributed by atoms with Crippen LogP contribution in [0.1, 0.15) is 9.67 Å². The van der Waals surface area contributed by atoms with E-state index in [1.807, 2.05) is 14.1 Å². The lowest BCUT2D eigenvalue weighted by molar-refractivity contribution is 0.104. The van der Waals surface area contributed by atoms with Crippen molar-refractivity contribution in [3.05, 3.63) is 33.6 Å². The van der Waals surface area contributed by atoms with E-state index in [0.717, 1.165) is 0 Å². The van der Waals surface area contributed by atoms with E-state index in [2.05, 4.69) is 0 Å². The maximum atomic E-state index is 11.4. The molecule has 0 atom stereocenters. The number of carbonyl (C=O) groups is 1. The fourth-order valence-corrected chi connectivity index (χ4v) is 1.83. The molecule has 1 heterocycles. The number of halogens is 1. The van der Waals surface area contributed by atoms with Gasteiger partial charge in [0.2, 0.25) is 0 Å². The fourth-order valence-electron chi connectivity index (χ4n) is 0.762. The quantitative estimate of drug-likeness (QED) is 0.571. The summed E-state index contributed by atoms with van der Waals surface area (Å²) in [5.74, 6) is -0.0475. The lowest BCUT2D eigenvalue weighted by Gasteiger charge is -2.01. The summed E-state index contributed by atoms with van der Waals surface area (Å²) < 4.78 is 0. The number of thiophene rings is 1. The summed E-state index contributed by atoms with van der Waals surface area (Å²) in [4.78, 5) is 13.8. The Kier molecular flexibility index (Phi) is 3.51. The highest BCUT2D eigenvalue weighted by Gasteiger charge is 2.07. The van der Waals surface area contributed by atoms with Crippen LogP contribution in [0.15, 0.2) is 23.7 Å². The largest absolute Gasteiger partial charge is 0.383 e. The van der Waals surface area contributed by atoms with Crippen LogP contribution in [0.2, 0.25) is 5.02 Å². The molecule has 4 heteroatoms. The number of hydrogen-bond acceptors (Lipinski definition) is 3. The zero-order valence-electron chi connectivity index (χ0n) is 7.45. The highest BCUT2D eigenvalue weighted by Crippen LogP contribution is 2.22. The first-order valence-corrected chi connectivity index (χ1v) is 4.99. The van der Waals surface area contributed by atoms with Crippen LogP contribution in [0.3, 0.4) is 0 Å². The van der Waals surface area contributed by atoms with Gasteiger partial charge >= 0.3 is 0 Å². The van der Waals surface area contributed by atoms with Gasteiger partial charge in [0.15, 0.2) is 5.78 Å². The van der Waals surface area contributed by atoms with Crippen molar-refractivity contribution in [2.45, 2.75) is 0 Å². The third kappa shape index (κ3) is 2.86. The molecule has 0 fully saturated rings. The Morgan fingerprint density at radius 3 is 2.77 bits per heavy atom. The average Bonchev–Trinajstić information content (AvgIpc) is 2.47. The smallest absolute Gasteiger partial charge is 0.198 e. The van der Waals surface area contributed by atoms with Crippen molar-refractivity contribution < 1.29 is 4.79 Å².